The second kappa shape index (κ2) is 13.6. The van der Waals surface area contributed by atoms with Crippen LogP contribution >= 0.6 is 12.4 Å². The number of pyridine rings is 1. The van der Waals surface area contributed by atoms with E-state index in [2.05, 4.69) is 25.6 Å². The maximum Gasteiger partial charge on any atom is 0.251 e. The second-order valence-corrected chi connectivity index (χ2v) is 10.4. The van der Waals surface area contributed by atoms with Crippen molar-refractivity contribution in [2.24, 2.45) is 23.3 Å². The molecule has 41 heavy (non-hydrogen) atoms. The van der Waals surface area contributed by atoms with Gasteiger partial charge in [0.2, 0.25) is 11.7 Å². The lowest BCUT2D eigenvalue weighted by atomic mass is 9.81. The highest BCUT2D eigenvalue weighted by Gasteiger charge is 2.35. The molecule has 0 saturated heterocycles. The van der Waals surface area contributed by atoms with Crippen molar-refractivity contribution in [3.8, 4) is 22.5 Å². The maximum atomic E-state index is 13.9. The largest absolute Gasteiger partial charge is 0.330 e. The lowest BCUT2D eigenvalue weighted by molar-refractivity contribution is -0.130. The first kappa shape index (κ1) is 30.0. The summed E-state index contributed by atoms with van der Waals surface area (Å²) in [5.41, 5.74) is 17.6. The Labute approximate surface area is 245 Å². The Balaban J connectivity index is 0.00000387. The van der Waals surface area contributed by atoms with E-state index in [4.69, 9.17) is 11.5 Å². The number of anilines is 1. The highest BCUT2D eigenvalue weighted by atomic mass is 35.5. The van der Waals surface area contributed by atoms with Crippen molar-refractivity contribution >= 4 is 29.9 Å². The number of aromatic nitrogens is 5. The lowest BCUT2D eigenvalue weighted by Gasteiger charge is -2.32. The van der Waals surface area contributed by atoms with E-state index in [1.165, 1.54) is 4.90 Å². The van der Waals surface area contributed by atoms with Crippen molar-refractivity contribution < 1.29 is 9.59 Å². The van der Waals surface area contributed by atoms with Crippen molar-refractivity contribution in [1.29, 1.82) is 0 Å². The number of nitrogens with two attached hydrogens (primary N) is 2. The summed E-state index contributed by atoms with van der Waals surface area (Å²) in [4.78, 5) is 33.2. The number of benzene rings is 2. The Morgan fingerprint density at radius 2 is 1.80 bits per heavy atom. The molecule has 2 aromatic carbocycles. The molecular formula is C30H35ClN8O2. The molecule has 5 rings (SSSR count). The molecule has 1 fully saturated rings. The molecule has 0 radical (unpaired) electrons. The van der Waals surface area contributed by atoms with Crippen molar-refractivity contribution in [2.75, 3.05) is 11.4 Å². The topological polar surface area (TPSA) is 157 Å². The van der Waals surface area contributed by atoms with E-state index in [1.807, 2.05) is 43.5 Å². The van der Waals surface area contributed by atoms with Crippen molar-refractivity contribution in [3.63, 3.8) is 0 Å². The maximum absolute atomic E-state index is 13.9. The zero-order valence-corrected chi connectivity index (χ0v) is 23.8. The number of aryl methyl sites for hydroxylation is 1. The van der Waals surface area contributed by atoms with Gasteiger partial charge >= 0.3 is 0 Å². The van der Waals surface area contributed by atoms with Gasteiger partial charge in [-0.3, -0.25) is 14.6 Å². The Morgan fingerprint density at radius 1 is 1.05 bits per heavy atom. The zero-order valence-electron chi connectivity index (χ0n) is 22.9. The van der Waals surface area contributed by atoms with Crippen LogP contribution in [-0.4, -0.2) is 50.0 Å². The molecule has 1 aliphatic rings. The van der Waals surface area contributed by atoms with E-state index in [-0.39, 0.29) is 24.2 Å². The van der Waals surface area contributed by atoms with Crippen LogP contribution in [0.25, 0.3) is 22.5 Å². The van der Waals surface area contributed by atoms with E-state index in [9.17, 15) is 9.59 Å². The van der Waals surface area contributed by atoms with Gasteiger partial charge in [-0.1, -0.05) is 24.3 Å². The number of aromatic amines is 1. The van der Waals surface area contributed by atoms with Gasteiger partial charge in [0.1, 0.15) is 0 Å². The van der Waals surface area contributed by atoms with Gasteiger partial charge in [-0.2, -0.15) is 5.21 Å². The van der Waals surface area contributed by atoms with Crippen LogP contribution < -0.4 is 16.4 Å². The minimum atomic E-state index is -0.907. The fourth-order valence-electron chi connectivity index (χ4n) is 5.40. The van der Waals surface area contributed by atoms with Crippen molar-refractivity contribution in [2.45, 2.75) is 45.1 Å². The number of carbonyl (C=O) groups excluding carboxylic acids is 2. The van der Waals surface area contributed by atoms with Gasteiger partial charge < -0.3 is 11.5 Å². The number of tetrazole rings is 1. The summed E-state index contributed by atoms with van der Waals surface area (Å²) >= 11 is 0. The number of rotatable bonds is 8. The first-order chi connectivity index (χ1) is 19.4. The lowest BCUT2D eigenvalue weighted by Crippen LogP contribution is -2.50. The number of imide groups is 1. The number of halogens is 1. The van der Waals surface area contributed by atoms with Crippen LogP contribution in [0, 0.1) is 18.8 Å². The van der Waals surface area contributed by atoms with E-state index < -0.39 is 11.9 Å². The van der Waals surface area contributed by atoms with Gasteiger partial charge in [0.05, 0.1) is 11.7 Å². The molecule has 0 unspecified atom stereocenters. The summed E-state index contributed by atoms with van der Waals surface area (Å²) in [5, 5.41) is 14.0. The molecule has 0 aliphatic heterocycles. The zero-order chi connectivity index (χ0) is 28.1. The minimum absolute atomic E-state index is 0. The standard InChI is InChI=1S/C30H34N8O2.ClH/c1-19-18-33-14-13-26(19)24-4-2-3-21(15-24)16-27(32)30(40)38(29(39)23-7-5-20(17-31)6-8-23)25-11-9-22(10-12-25)28-34-36-37-35-28;/h2-4,9-15,18,20,23,27H,5-8,16-17,31-32H2,1H3,(H,34,35,36,37);1H/t20?,23?,27-;/m0./s1. The van der Waals surface area contributed by atoms with Crippen molar-refractivity contribution in [1.82, 2.24) is 25.6 Å². The number of H-pyrrole nitrogens is 1. The Morgan fingerprint density at radius 3 is 2.46 bits per heavy atom. The van der Waals surface area contributed by atoms with E-state index in [0.717, 1.165) is 35.1 Å². The molecule has 11 heteroatoms. The van der Waals surface area contributed by atoms with Crippen LogP contribution in [0.15, 0.2) is 67.0 Å². The first-order valence-corrected chi connectivity index (χ1v) is 13.6. The van der Waals surface area contributed by atoms with Crippen LogP contribution in [0.2, 0.25) is 0 Å². The third kappa shape index (κ3) is 6.84. The predicted octanol–water partition coefficient (Wildman–Crippen LogP) is 3.85. The molecule has 10 nitrogen and oxygen atoms in total. The normalized spacial score (nSPS) is 17.3. The summed E-state index contributed by atoms with van der Waals surface area (Å²) < 4.78 is 0. The summed E-state index contributed by atoms with van der Waals surface area (Å²) in [6, 6.07) is 16.0. The predicted molar refractivity (Wildman–Crippen MR) is 160 cm³/mol. The minimum Gasteiger partial charge on any atom is -0.330 e. The fraction of sp³-hybridized carbons (Fsp3) is 0.333. The van der Waals surface area contributed by atoms with Crippen LogP contribution in [0.3, 0.4) is 0 Å². The number of hydrogen-bond acceptors (Lipinski definition) is 8. The van der Waals surface area contributed by atoms with Gasteiger partial charge in [0, 0.05) is 23.9 Å². The summed E-state index contributed by atoms with van der Waals surface area (Å²) in [6.45, 7) is 2.63. The van der Waals surface area contributed by atoms with E-state index in [0.29, 0.717) is 48.8 Å². The Hall–Kier alpha value is -3.99. The summed E-state index contributed by atoms with van der Waals surface area (Å²) in [7, 11) is 0. The number of nitrogens with zero attached hydrogens (tertiary/aromatic N) is 5. The molecule has 214 valence electrons. The quantitative estimate of drug-likeness (QED) is 0.286. The van der Waals surface area contributed by atoms with E-state index in [1.54, 1.807) is 30.5 Å². The molecule has 0 spiro atoms. The smallest absolute Gasteiger partial charge is 0.251 e. The molecule has 5 N–H and O–H groups in total. The molecule has 2 amide bonds. The first-order valence-electron chi connectivity index (χ1n) is 13.6. The highest BCUT2D eigenvalue weighted by molar-refractivity contribution is 6.17. The van der Waals surface area contributed by atoms with Crippen LogP contribution in [-0.2, 0) is 16.0 Å². The third-order valence-corrected chi connectivity index (χ3v) is 7.73. The Bertz CT molecular complexity index is 1450. The number of carbonyl (C=O) groups is 2. The SMILES string of the molecule is Cc1cnccc1-c1cccc(C[C@H](N)C(=O)N(C(=O)C2CCC(CN)CC2)c2ccc(-c3nn[nH]n3)cc2)c1.Cl. The Kier molecular flexibility index (Phi) is 9.93. The number of amides is 2. The van der Waals surface area contributed by atoms with Gasteiger partial charge in [-0.15, -0.1) is 22.6 Å². The van der Waals surface area contributed by atoms with Gasteiger partial charge in [0.15, 0.2) is 0 Å². The molecule has 1 atom stereocenters. The number of nitrogens with one attached hydrogen (secondary N) is 1. The highest BCUT2D eigenvalue weighted by Crippen LogP contribution is 2.32. The second-order valence-electron chi connectivity index (χ2n) is 10.4. The monoisotopic (exact) mass is 574 g/mol. The van der Waals surface area contributed by atoms with Crippen LogP contribution in [0.4, 0.5) is 5.69 Å². The van der Waals surface area contributed by atoms with Gasteiger partial charge in [-0.05, 0) is 109 Å². The molecule has 0 bridgehead atoms. The average Bonchev–Trinajstić information content (AvgIpc) is 3.53. The average molecular weight is 575 g/mol. The molecule has 1 saturated carbocycles. The van der Waals surface area contributed by atoms with Crippen LogP contribution in [0.1, 0.15) is 36.8 Å². The van der Waals surface area contributed by atoms with Gasteiger partial charge in [-0.25, -0.2) is 4.90 Å². The third-order valence-electron chi connectivity index (χ3n) is 7.73. The van der Waals surface area contributed by atoms with E-state index >= 15 is 0 Å². The van der Waals surface area contributed by atoms with Crippen LogP contribution in [0.5, 0.6) is 0 Å². The molecule has 2 heterocycles. The summed E-state index contributed by atoms with van der Waals surface area (Å²) in [6.07, 6.45) is 7.03. The molecule has 2 aromatic heterocycles. The fourth-order valence-corrected chi connectivity index (χ4v) is 5.40. The molecular weight excluding hydrogens is 540 g/mol. The summed E-state index contributed by atoms with van der Waals surface area (Å²) in [5.74, 6) is -0.0557. The molecule has 1 aliphatic carbocycles. The van der Waals surface area contributed by atoms with Gasteiger partial charge in [0.25, 0.3) is 5.91 Å². The number of hydrogen-bond donors (Lipinski definition) is 3. The van der Waals surface area contributed by atoms with Crippen molar-refractivity contribution in [3.05, 3.63) is 78.1 Å². The molecule has 4 aromatic rings.